The molecule has 4 nitrogen and oxygen atoms in total. The molecule has 0 atom stereocenters. The zero-order valence-corrected chi connectivity index (χ0v) is 12.0. The third kappa shape index (κ3) is 3.19. The Labute approximate surface area is 118 Å². The molecule has 1 aromatic carbocycles. The van der Waals surface area contributed by atoms with Gasteiger partial charge in [-0.3, -0.25) is 0 Å². The molecule has 0 bridgehead atoms. The maximum atomic E-state index is 11.0. The normalized spacial score (nSPS) is 17.4. The van der Waals surface area contributed by atoms with E-state index in [4.69, 9.17) is 16.7 Å². The largest absolute Gasteiger partial charge is 0.478 e. The van der Waals surface area contributed by atoms with Crippen molar-refractivity contribution in [2.24, 2.45) is 0 Å². The molecule has 1 saturated heterocycles. The number of piperidine rings is 1. The van der Waals surface area contributed by atoms with Crippen LogP contribution in [0.1, 0.15) is 23.2 Å². The Kier molecular flexibility index (Phi) is 4.32. The van der Waals surface area contributed by atoms with Crippen LogP contribution < -0.4 is 4.90 Å². The SMILES string of the molecule is CN1CCC(N(C)c2cc(C(=O)O)ccc2Cl)CC1. The average Bonchev–Trinajstić information content (AvgIpc) is 2.39. The van der Waals surface area contributed by atoms with Gasteiger partial charge in [0.2, 0.25) is 0 Å². The van der Waals surface area contributed by atoms with Crippen molar-refractivity contribution in [3.63, 3.8) is 0 Å². The molecule has 1 aromatic rings. The minimum absolute atomic E-state index is 0.277. The van der Waals surface area contributed by atoms with E-state index in [-0.39, 0.29) is 5.56 Å². The zero-order valence-electron chi connectivity index (χ0n) is 11.3. The highest BCUT2D eigenvalue weighted by Gasteiger charge is 2.22. The molecule has 0 radical (unpaired) electrons. The van der Waals surface area contributed by atoms with Gasteiger partial charge in [0, 0.05) is 13.1 Å². The molecule has 104 valence electrons. The van der Waals surface area contributed by atoms with Gasteiger partial charge in [-0.05, 0) is 51.2 Å². The molecular weight excluding hydrogens is 264 g/mol. The number of benzene rings is 1. The summed E-state index contributed by atoms with van der Waals surface area (Å²) in [6, 6.07) is 5.27. The molecule has 1 heterocycles. The molecule has 1 aliphatic heterocycles. The second-order valence-electron chi connectivity index (χ2n) is 5.12. The molecule has 0 aliphatic carbocycles. The molecule has 0 amide bonds. The second-order valence-corrected chi connectivity index (χ2v) is 5.52. The number of anilines is 1. The Morgan fingerprint density at radius 1 is 1.42 bits per heavy atom. The van der Waals surface area contributed by atoms with E-state index in [1.54, 1.807) is 12.1 Å². The van der Waals surface area contributed by atoms with Crippen LogP contribution in [0.5, 0.6) is 0 Å². The molecule has 0 saturated carbocycles. The van der Waals surface area contributed by atoms with Gasteiger partial charge in [0.05, 0.1) is 16.3 Å². The fourth-order valence-corrected chi connectivity index (χ4v) is 2.75. The highest BCUT2D eigenvalue weighted by molar-refractivity contribution is 6.33. The van der Waals surface area contributed by atoms with Gasteiger partial charge in [0.15, 0.2) is 0 Å². The summed E-state index contributed by atoms with van der Waals surface area (Å²) in [6.07, 6.45) is 2.14. The molecule has 0 unspecified atom stereocenters. The van der Waals surface area contributed by atoms with Crippen molar-refractivity contribution in [1.29, 1.82) is 0 Å². The highest BCUT2D eigenvalue weighted by atomic mass is 35.5. The average molecular weight is 283 g/mol. The first-order valence-corrected chi connectivity index (χ1v) is 6.81. The number of carboxylic acid groups (broad SMARTS) is 1. The summed E-state index contributed by atoms with van der Waals surface area (Å²) >= 11 is 6.20. The molecule has 0 spiro atoms. The summed E-state index contributed by atoms with van der Waals surface area (Å²) in [7, 11) is 4.11. The van der Waals surface area contributed by atoms with Crippen LogP contribution in [0.2, 0.25) is 5.02 Å². The van der Waals surface area contributed by atoms with Crippen molar-refractivity contribution in [2.45, 2.75) is 18.9 Å². The molecule has 1 fully saturated rings. The first kappa shape index (κ1) is 14.2. The number of rotatable bonds is 3. The van der Waals surface area contributed by atoms with Crippen LogP contribution in [-0.2, 0) is 0 Å². The van der Waals surface area contributed by atoms with Crippen LogP contribution >= 0.6 is 11.6 Å². The predicted octanol–water partition coefficient (Wildman–Crippen LogP) is 2.57. The number of hydrogen-bond acceptors (Lipinski definition) is 3. The van der Waals surface area contributed by atoms with Gasteiger partial charge in [0.1, 0.15) is 0 Å². The van der Waals surface area contributed by atoms with Crippen LogP contribution in [0, 0.1) is 0 Å². The lowest BCUT2D eigenvalue weighted by Gasteiger charge is -2.36. The number of likely N-dealkylation sites (tertiary alicyclic amines) is 1. The number of nitrogens with zero attached hydrogens (tertiary/aromatic N) is 2. The third-order valence-corrected chi connectivity index (χ3v) is 4.13. The number of aromatic carboxylic acids is 1. The minimum Gasteiger partial charge on any atom is -0.478 e. The molecule has 2 rings (SSSR count). The van der Waals surface area contributed by atoms with E-state index in [1.807, 2.05) is 7.05 Å². The Hall–Kier alpha value is -1.26. The van der Waals surface area contributed by atoms with Crippen molar-refractivity contribution >= 4 is 23.3 Å². The Bertz CT molecular complexity index is 471. The van der Waals surface area contributed by atoms with Crippen LogP contribution in [0.15, 0.2) is 18.2 Å². The van der Waals surface area contributed by atoms with Gasteiger partial charge in [-0.2, -0.15) is 0 Å². The van der Waals surface area contributed by atoms with Crippen LogP contribution in [0.3, 0.4) is 0 Å². The molecule has 0 aromatic heterocycles. The lowest BCUT2D eigenvalue weighted by molar-refractivity contribution is 0.0697. The lowest BCUT2D eigenvalue weighted by atomic mass is 10.0. The fraction of sp³-hybridized carbons (Fsp3) is 0.500. The first-order valence-electron chi connectivity index (χ1n) is 6.43. The molecule has 1 aliphatic rings. The van der Waals surface area contributed by atoms with E-state index in [2.05, 4.69) is 16.8 Å². The minimum atomic E-state index is -0.922. The highest BCUT2D eigenvalue weighted by Crippen LogP contribution is 2.30. The number of hydrogen-bond donors (Lipinski definition) is 1. The zero-order chi connectivity index (χ0) is 14.0. The fourth-order valence-electron chi connectivity index (χ4n) is 2.49. The monoisotopic (exact) mass is 282 g/mol. The van der Waals surface area contributed by atoms with Crippen LogP contribution in [0.4, 0.5) is 5.69 Å². The lowest BCUT2D eigenvalue weighted by Crippen LogP contribution is -2.42. The van der Waals surface area contributed by atoms with E-state index in [1.165, 1.54) is 6.07 Å². The topological polar surface area (TPSA) is 43.8 Å². The van der Waals surface area contributed by atoms with Gasteiger partial charge >= 0.3 is 5.97 Å². The van der Waals surface area contributed by atoms with Crippen molar-refractivity contribution in [3.05, 3.63) is 28.8 Å². The van der Waals surface area contributed by atoms with Crippen molar-refractivity contribution in [1.82, 2.24) is 4.90 Å². The van der Waals surface area contributed by atoms with E-state index in [0.29, 0.717) is 11.1 Å². The van der Waals surface area contributed by atoms with Crippen LogP contribution in [0.25, 0.3) is 0 Å². The maximum Gasteiger partial charge on any atom is 0.335 e. The van der Waals surface area contributed by atoms with Crippen molar-refractivity contribution in [3.8, 4) is 0 Å². The molecular formula is C14H19ClN2O2. The summed E-state index contributed by atoms with van der Waals surface area (Å²) in [5, 5.41) is 9.66. The summed E-state index contributed by atoms with van der Waals surface area (Å²) in [5.74, 6) is -0.922. The number of carbonyl (C=O) groups is 1. The van der Waals surface area contributed by atoms with Gasteiger partial charge in [0.25, 0.3) is 0 Å². The summed E-state index contributed by atoms with van der Waals surface area (Å²) in [4.78, 5) is 15.5. The van der Waals surface area contributed by atoms with E-state index in [9.17, 15) is 4.79 Å². The summed E-state index contributed by atoms with van der Waals surface area (Å²) in [6.45, 7) is 2.12. The predicted molar refractivity (Wildman–Crippen MR) is 77.3 cm³/mol. The quantitative estimate of drug-likeness (QED) is 0.925. The standard InChI is InChI=1S/C14H19ClN2O2/c1-16-7-5-11(6-8-16)17(2)13-9-10(14(18)19)3-4-12(13)15/h3-4,9,11H,5-8H2,1-2H3,(H,18,19). The van der Waals surface area contributed by atoms with Gasteiger partial charge in [-0.15, -0.1) is 0 Å². The molecule has 19 heavy (non-hydrogen) atoms. The Morgan fingerprint density at radius 3 is 2.63 bits per heavy atom. The van der Waals surface area contributed by atoms with Crippen molar-refractivity contribution < 1.29 is 9.90 Å². The molecule has 1 N–H and O–H groups in total. The summed E-state index contributed by atoms with van der Waals surface area (Å²) in [5.41, 5.74) is 1.08. The Morgan fingerprint density at radius 2 is 2.05 bits per heavy atom. The van der Waals surface area contributed by atoms with E-state index < -0.39 is 5.97 Å². The second kappa shape index (κ2) is 5.80. The Balaban J connectivity index is 2.20. The third-order valence-electron chi connectivity index (χ3n) is 3.81. The number of halogens is 1. The first-order chi connectivity index (χ1) is 8.99. The van der Waals surface area contributed by atoms with Crippen LogP contribution in [-0.4, -0.2) is 49.2 Å². The van der Waals surface area contributed by atoms with E-state index in [0.717, 1.165) is 31.6 Å². The van der Waals surface area contributed by atoms with Gasteiger partial charge in [-0.1, -0.05) is 11.6 Å². The number of carboxylic acids is 1. The summed E-state index contributed by atoms with van der Waals surface area (Å²) < 4.78 is 0. The van der Waals surface area contributed by atoms with Gasteiger partial charge < -0.3 is 14.9 Å². The van der Waals surface area contributed by atoms with Crippen molar-refractivity contribution in [2.75, 3.05) is 32.1 Å². The molecule has 5 heteroatoms. The smallest absolute Gasteiger partial charge is 0.335 e. The van der Waals surface area contributed by atoms with E-state index >= 15 is 0 Å². The maximum absolute atomic E-state index is 11.0. The van der Waals surface area contributed by atoms with Gasteiger partial charge in [-0.25, -0.2) is 4.79 Å².